The van der Waals surface area contributed by atoms with Gasteiger partial charge in [0.25, 0.3) is 5.56 Å². The SMILES string of the molecule is Cc1cc([C@@H](C)Nc2ccccc2C(=O)O)c2nc(C3CCC4(CC3)CN(C)C(=O)O4)n(C)c(=O)c2c1. The highest BCUT2D eigenvalue weighted by Gasteiger charge is 2.46. The molecule has 3 aromatic rings. The molecule has 1 amide bonds. The van der Waals surface area contributed by atoms with Crippen molar-refractivity contribution in [3.8, 4) is 0 Å². The molecule has 0 unspecified atom stereocenters. The lowest BCUT2D eigenvalue weighted by Gasteiger charge is -2.35. The maximum atomic E-state index is 13.5. The van der Waals surface area contributed by atoms with Gasteiger partial charge in [-0.25, -0.2) is 14.6 Å². The Labute approximate surface area is 215 Å². The number of carboxylic acids is 1. The number of carbonyl (C=O) groups excluding carboxylic acids is 1. The summed E-state index contributed by atoms with van der Waals surface area (Å²) in [6.07, 6.45) is 2.72. The lowest BCUT2D eigenvalue weighted by atomic mass is 9.78. The number of para-hydroxylation sites is 1. The highest BCUT2D eigenvalue weighted by atomic mass is 16.6. The zero-order valence-electron chi connectivity index (χ0n) is 21.6. The molecule has 5 rings (SSSR count). The Morgan fingerprint density at radius 2 is 1.89 bits per heavy atom. The van der Waals surface area contributed by atoms with Crippen LogP contribution in [0, 0.1) is 6.92 Å². The van der Waals surface area contributed by atoms with Crippen LogP contribution in [0.3, 0.4) is 0 Å². The van der Waals surface area contributed by atoms with Crippen molar-refractivity contribution >= 4 is 28.7 Å². The zero-order valence-corrected chi connectivity index (χ0v) is 21.6. The van der Waals surface area contributed by atoms with Crippen molar-refractivity contribution in [2.45, 2.75) is 57.1 Å². The van der Waals surface area contributed by atoms with E-state index in [0.29, 0.717) is 23.1 Å². The van der Waals surface area contributed by atoms with Crippen molar-refractivity contribution in [2.75, 3.05) is 18.9 Å². The van der Waals surface area contributed by atoms with Crippen LogP contribution in [0.5, 0.6) is 0 Å². The van der Waals surface area contributed by atoms with Gasteiger partial charge in [0.2, 0.25) is 0 Å². The predicted octanol–water partition coefficient (Wildman–Crippen LogP) is 4.59. The third-order valence-electron chi connectivity index (χ3n) is 7.79. The number of nitrogens with zero attached hydrogens (tertiary/aromatic N) is 3. The standard InChI is InChI=1S/C28H32N4O5/c1-16-13-20(17(2)29-22-8-6-5-7-19(22)26(34)35)23-21(14-16)25(33)32(4)24(30-23)18-9-11-28(12-10-18)15-31(3)27(36)37-28/h5-8,13-14,17-18,29H,9-12,15H2,1-4H3,(H,34,35)/t17-,18?,28?/m1/s1. The molecule has 1 saturated heterocycles. The molecule has 1 aliphatic carbocycles. The Hall–Kier alpha value is -3.88. The number of aromatic carboxylic acids is 1. The first-order valence-electron chi connectivity index (χ1n) is 12.6. The minimum atomic E-state index is -1.01. The molecule has 9 heteroatoms. The van der Waals surface area contributed by atoms with Gasteiger partial charge in [0.15, 0.2) is 0 Å². The Balaban J connectivity index is 1.51. The predicted molar refractivity (Wildman–Crippen MR) is 140 cm³/mol. The Bertz CT molecular complexity index is 1450. The van der Waals surface area contributed by atoms with Crippen LogP contribution in [-0.2, 0) is 11.8 Å². The molecule has 1 spiro atoms. The number of fused-ring (bicyclic) bond motifs is 1. The van der Waals surface area contributed by atoms with Crippen molar-refractivity contribution in [1.29, 1.82) is 0 Å². The van der Waals surface area contributed by atoms with Crippen LogP contribution < -0.4 is 10.9 Å². The van der Waals surface area contributed by atoms with E-state index >= 15 is 0 Å². The molecule has 2 heterocycles. The smallest absolute Gasteiger partial charge is 0.410 e. The minimum Gasteiger partial charge on any atom is -0.478 e. The van der Waals surface area contributed by atoms with E-state index in [4.69, 9.17) is 9.72 Å². The second-order valence-corrected chi connectivity index (χ2v) is 10.5. The summed E-state index contributed by atoms with van der Waals surface area (Å²) in [6, 6.07) is 10.4. The highest BCUT2D eigenvalue weighted by molar-refractivity contribution is 5.94. The second-order valence-electron chi connectivity index (χ2n) is 10.5. The van der Waals surface area contributed by atoms with E-state index in [9.17, 15) is 19.5 Å². The molecule has 2 aromatic carbocycles. The monoisotopic (exact) mass is 504 g/mol. The number of carboxylic acid groups (broad SMARTS) is 1. The number of nitrogens with one attached hydrogen (secondary N) is 1. The van der Waals surface area contributed by atoms with Gasteiger partial charge in [-0.05, 0) is 63.3 Å². The van der Waals surface area contributed by atoms with Gasteiger partial charge in [-0.15, -0.1) is 0 Å². The van der Waals surface area contributed by atoms with Crippen molar-refractivity contribution in [3.05, 3.63) is 69.3 Å². The van der Waals surface area contributed by atoms with Crippen LogP contribution in [0.1, 0.15) is 71.9 Å². The fourth-order valence-corrected chi connectivity index (χ4v) is 5.83. The molecule has 2 aliphatic rings. The van der Waals surface area contributed by atoms with E-state index in [1.807, 2.05) is 26.0 Å². The number of benzene rings is 2. The maximum Gasteiger partial charge on any atom is 0.410 e. The number of aryl methyl sites for hydroxylation is 1. The molecule has 2 fully saturated rings. The summed E-state index contributed by atoms with van der Waals surface area (Å²) in [5.41, 5.74) is 2.55. The van der Waals surface area contributed by atoms with Gasteiger partial charge in [0, 0.05) is 31.3 Å². The fourth-order valence-electron chi connectivity index (χ4n) is 5.83. The summed E-state index contributed by atoms with van der Waals surface area (Å²) < 4.78 is 7.36. The largest absolute Gasteiger partial charge is 0.478 e. The topological polar surface area (TPSA) is 114 Å². The van der Waals surface area contributed by atoms with Crippen LogP contribution in [0.15, 0.2) is 41.2 Å². The van der Waals surface area contributed by atoms with Crippen LogP contribution >= 0.6 is 0 Å². The van der Waals surface area contributed by atoms with Gasteiger partial charge in [0.05, 0.1) is 29.1 Å². The molecule has 37 heavy (non-hydrogen) atoms. The summed E-state index contributed by atoms with van der Waals surface area (Å²) >= 11 is 0. The summed E-state index contributed by atoms with van der Waals surface area (Å²) in [5, 5.41) is 13.5. The number of hydrogen-bond acceptors (Lipinski definition) is 6. The van der Waals surface area contributed by atoms with E-state index < -0.39 is 11.6 Å². The molecule has 194 valence electrons. The molecular formula is C28H32N4O5. The average Bonchev–Trinajstić information content (AvgIpc) is 3.14. The van der Waals surface area contributed by atoms with Gasteiger partial charge < -0.3 is 20.1 Å². The average molecular weight is 505 g/mol. The first kappa shape index (κ1) is 24.8. The quantitative estimate of drug-likeness (QED) is 0.522. The summed E-state index contributed by atoms with van der Waals surface area (Å²) in [4.78, 5) is 43.9. The van der Waals surface area contributed by atoms with E-state index in [1.165, 1.54) is 0 Å². The van der Waals surface area contributed by atoms with Crippen LogP contribution in [0.25, 0.3) is 10.9 Å². The number of rotatable bonds is 5. The highest BCUT2D eigenvalue weighted by Crippen LogP contribution is 2.42. The molecule has 2 N–H and O–H groups in total. The first-order valence-corrected chi connectivity index (χ1v) is 12.6. The van der Waals surface area contributed by atoms with E-state index in [1.54, 1.807) is 47.8 Å². The lowest BCUT2D eigenvalue weighted by molar-refractivity contribution is 0.0204. The van der Waals surface area contributed by atoms with E-state index in [0.717, 1.165) is 42.6 Å². The summed E-state index contributed by atoms with van der Waals surface area (Å²) in [6.45, 7) is 4.47. The first-order chi connectivity index (χ1) is 17.6. The van der Waals surface area contributed by atoms with E-state index in [-0.39, 0.29) is 29.2 Å². The van der Waals surface area contributed by atoms with Crippen molar-refractivity contribution in [3.63, 3.8) is 0 Å². The minimum absolute atomic E-state index is 0.0717. The van der Waals surface area contributed by atoms with Gasteiger partial charge in [-0.2, -0.15) is 0 Å². The third kappa shape index (κ3) is 4.43. The zero-order chi connectivity index (χ0) is 26.5. The van der Waals surface area contributed by atoms with E-state index in [2.05, 4.69) is 5.32 Å². The van der Waals surface area contributed by atoms with Crippen molar-refractivity contribution in [2.24, 2.45) is 7.05 Å². The van der Waals surface area contributed by atoms with Crippen LogP contribution in [-0.4, -0.2) is 50.8 Å². The molecule has 1 aliphatic heterocycles. The summed E-state index contributed by atoms with van der Waals surface area (Å²) in [7, 11) is 3.52. The Morgan fingerprint density at radius 1 is 1.19 bits per heavy atom. The van der Waals surface area contributed by atoms with Crippen molar-refractivity contribution < 1.29 is 19.4 Å². The number of amides is 1. The molecule has 0 bridgehead atoms. The summed E-state index contributed by atoms with van der Waals surface area (Å²) in [5.74, 6) is -0.205. The third-order valence-corrected chi connectivity index (χ3v) is 7.79. The molecule has 1 aromatic heterocycles. The van der Waals surface area contributed by atoms with Crippen LogP contribution in [0.2, 0.25) is 0 Å². The Morgan fingerprint density at radius 3 is 2.54 bits per heavy atom. The number of anilines is 1. The number of hydrogen-bond donors (Lipinski definition) is 2. The number of aromatic nitrogens is 2. The number of likely N-dealkylation sites (N-methyl/N-ethyl adjacent to an activating group) is 1. The van der Waals surface area contributed by atoms with Gasteiger partial charge in [-0.3, -0.25) is 9.36 Å². The molecular weight excluding hydrogens is 472 g/mol. The number of carbonyl (C=O) groups is 2. The Kier molecular flexibility index (Phi) is 6.17. The normalized spacial score (nSPS) is 22.3. The second kappa shape index (κ2) is 9.21. The molecule has 1 saturated carbocycles. The van der Waals surface area contributed by atoms with Crippen LogP contribution in [0.4, 0.5) is 10.5 Å². The molecule has 1 atom stereocenters. The molecule has 9 nitrogen and oxygen atoms in total. The fraction of sp³-hybridized carbons (Fsp3) is 0.429. The van der Waals surface area contributed by atoms with Gasteiger partial charge in [0.1, 0.15) is 11.4 Å². The lowest BCUT2D eigenvalue weighted by Crippen LogP contribution is -2.38. The maximum absolute atomic E-state index is 13.5. The number of ether oxygens (including phenoxy) is 1. The van der Waals surface area contributed by atoms with Crippen molar-refractivity contribution in [1.82, 2.24) is 14.5 Å². The molecule has 0 radical (unpaired) electrons. The van der Waals surface area contributed by atoms with Gasteiger partial charge in [-0.1, -0.05) is 18.2 Å². The van der Waals surface area contributed by atoms with Gasteiger partial charge >= 0.3 is 12.1 Å².